The first-order chi connectivity index (χ1) is 14.8. The lowest BCUT2D eigenvalue weighted by Crippen LogP contribution is -2.47. The van der Waals surface area contributed by atoms with Crippen molar-refractivity contribution in [1.82, 2.24) is 15.2 Å². The summed E-state index contributed by atoms with van der Waals surface area (Å²) in [5, 5.41) is 2.98. The highest BCUT2D eigenvalue weighted by molar-refractivity contribution is 5.82. The molecule has 1 atom stereocenters. The first-order valence-electron chi connectivity index (χ1n) is 11.1. The van der Waals surface area contributed by atoms with E-state index in [0.717, 1.165) is 16.9 Å². The minimum absolute atomic E-state index is 0.0245. The van der Waals surface area contributed by atoms with Crippen LogP contribution >= 0.6 is 0 Å². The van der Waals surface area contributed by atoms with Gasteiger partial charge in [-0.1, -0.05) is 32.0 Å². The summed E-state index contributed by atoms with van der Waals surface area (Å²) in [6.45, 7) is 9.69. The molecule has 2 heterocycles. The molecule has 166 valence electrons. The number of amides is 2. The van der Waals surface area contributed by atoms with Gasteiger partial charge in [-0.2, -0.15) is 0 Å². The van der Waals surface area contributed by atoms with E-state index in [4.69, 9.17) is 4.74 Å². The molecule has 1 aliphatic heterocycles. The Labute approximate surface area is 185 Å². The van der Waals surface area contributed by atoms with Crippen molar-refractivity contribution in [3.63, 3.8) is 0 Å². The fourth-order valence-corrected chi connectivity index (χ4v) is 3.80. The lowest BCUT2D eigenvalue weighted by atomic mass is 9.95. The van der Waals surface area contributed by atoms with Gasteiger partial charge in [-0.15, -0.1) is 0 Å². The Bertz CT molecular complexity index is 890. The van der Waals surface area contributed by atoms with Crippen molar-refractivity contribution < 1.29 is 14.3 Å². The summed E-state index contributed by atoms with van der Waals surface area (Å²) in [6.07, 6.45) is 4.24. The van der Waals surface area contributed by atoms with Crippen molar-refractivity contribution >= 4 is 11.8 Å². The average Bonchev–Trinajstić information content (AvgIpc) is 2.79. The second-order valence-electron chi connectivity index (χ2n) is 8.62. The largest absolute Gasteiger partial charge is 0.481 e. The molecule has 1 aliphatic rings. The van der Waals surface area contributed by atoms with Crippen LogP contribution in [0.1, 0.15) is 56.2 Å². The molecule has 1 aromatic heterocycles. The van der Waals surface area contributed by atoms with Crippen LogP contribution < -0.4 is 10.1 Å². The molecule has 0 spiro atoms. The van der Waals surface area contributed by atoms with Crippen LogP contribution in [-0.4, -0.2) is 40.9 Å². The second kappa shape index (κ2) is 10.4. The third kappa shape index (κ3) is 6.06. The van der Waals surface area contributed by atoms with Gasteiger partial charge in [-0.25, -0.2) is 0 Å². The van der Waals surface area contributed by atoms with Gasteiger partial charge in [0.1, 0.15) is 5.75 Å². The van der Waals surface area contributed by atoms with E-state index in [0.29, 0.717) is 38.4 Å². The zero-order chi connectivity index (χ0) is 22.4. The van der Waals surface area contributed by atoms with Crippen molar-refractivity contribution in [2.75, 3.05) is 13.1 Å². The van der Waals surface area contributed by atoms with Crippen LogP contribution in [0.4, 0.5) is 0 Å². The number of nitrogens with one attached hydrogen (secondary N) is 1. The third-order valence-corrected chi connectivity index (χ3v) is 5.90. The van der Waals surface area contributed by atoms with E-state index in [-0.39, 0.29) is 17.7 Å². The first kappa shape index (κ1) is 22.8. The van der Waals surface area contributed by atoms with Crippen LogP contribution in [0.15, 0.2) is 42.7 Å². The number of carbonyl (C=O) groups is 2. The Hall–Kier alpha value is -2.89. The van der Waals surface area contributed by atoms with Crippen LogP contribution in [0.25, 0.3) is 0 Å². The van der Waals surface area contributed by atoms with Gasteiger partial charge in [0.15, 0.2) is 6.10 Å². The molecule has 0 aliphatic carbocycles. The number of aromatic nitrogens is 1. The van der Waals surface area contributed by atoms with Gasteiger partial charge in [-0.3, -0.25) is 14.6 Å². The molecule has 1 unspecified atom stereocenters. The third-order valence-electron chi connectivity index (χ3n) is 5.90. The highest BCUT2D eigenvalue weighted by Crippen LogP contribution is 2.26. The van der Waals surface area contributed by atoms with E-state index in [1.807, 2.05) is 36.1 Å². The zero-order valence-electron chi connectivity index (χ0n) is 18.9. The van der Waals surface area contributed by atoms with E-state index in [1.54, 1.807) is 19.3 Å². The average molecular weight is 424 g/mol. The molecule has 0 saturated carbocycles. The van der Waals surface area contributed by atoms with Crippen LogP contribution in [0.3, 0.4) is 0 Å². The Kier molecular flexibility index (Phi) is 7.66. The Morgan fingerprint density at radius 3 is 2.58 bits per heavy atom. The van der Waals surface area contributed by atoms with Gasteiger partial charge in [0, 0.05) is 37.9 Å². The maximum atomic E-state index is 12.9. The predicted octanol–water partition coefficient (Wildman–Crippen LogP) is 3.84. The number of hydrogen-bond acceptors (Lipinski definition) is 4. The lowest BCUT2D eigenvalue weighted by Gasteiger charge is -2.33. The minimum Gasteiger partial charge on any atom is -0.481 e. The number of ether oxygens (including phenoxy) is 1. The van der Waals surface area contributed by atoms with E-state index < -0.39 is 6.10 Å². The number of piperidine rings is 1. The number of carbonyl (C=O) groups excluding carboxylic acids is 2. The summed E-state index contributed by atoms with van der Waals surface area (Å²) < 4.78 is 6.04. The number of aryl methyl sites for hydroxylation is 1. The maximum Gasteiger partial charge on any atom is 0.263 e. The molecule has 31 heavy (non-hydrogen) atoms. The Balaban J connectivity index is 1.49. The highest BCUT2D eigenvalue weighted by atomic mass is 16.5. The molecule has 2 aromatic rings. The number of pyridine rings is 1. The normalized spacial score (nSPS) is 15.6. The highest BCUT2D eigenvalue weighted by Gasteiger charge is 2.30. The number of benzene rings is 1. The molecule has 0 radical (unpaired) electrons. The summed E-state index contributed by atoms with van der Waals surface area (Å²) in [7, 11) is 0. The van der Waals surface area contributed by atoms with E-state index >= 15 is 0 Å². The summed E-state index contributed by atoms with van der Waals surface area (Å²) in [5.74, 6) is 1.11. The molecule has 0 bridgehead atoms. The fraction of sp³-hybridized carbons (Fsp3) is 0.480. The van der Waals surface area contributed by atoms with E-state index in [2.05, 4.69) is 30.2 Å². The van der Waals surface area contributed by atoms with E-state index in [9.17, 15) is 9.59 Å². The lowest BCUT2D eigenvalue weighted by molar-refractivity contribution is -0.141. The minimum atomic E-state index is -0.558. The molecule has 1 N–H and O–H groups in total. The standard InChI is InChI=1S/C25H33N3O3/c1-17(2)22-8-7-18(3)23(14-22)31-19(4)25(30)28-12-9-21(10-13-28)24(29)27-16-20-6-5-11-26-15-20/h5-8,11,14-15,17,19,21H,9-10,12-13,16H2,1-4H3,(H,27,29). The van der Waals surface area contributed by atoms with Crippen LogP contribution in [0, 0.1) is 12.8 Å². The van der Waals surface area contributed by atoms with Crippen LogP contribution in [0.5, 0.6) is 5.75 Å². The monoisotopic (exact) mass is 423 g/mol. The molecule has 1 saturated heterocycles. The summed E-state index contributed by atoms with van der Waals surface area (Å²) in [6, 6.07) is 9.97. The number of likely N-dealkylation sites (tertiary alicyclic amines) is 1. The van der Waals surface area contributed by atoms with Crippen molar-refractivity contribution in [3.8, 4) is 5.75 Å². The fourth-order valence-electron chi connectivity index (χ4n) is 3.80. The quantitative estimate of drug-likeness (QED) is 0.735. The summed E-state index contributed by atoms with van der Waals surface area (Å²) >= 11 is 0. The van der Waals surface area contributed by atoms with Crippen LogP contribution in [0.2, 0.25) is 0 Å². The molecule has 2 amide bonds. The number of nitrogens with zero attached hydrogens (tertiary/aromatic N) is 2. The van der Waals surface area contributed by atoms with Crippen LogP contribution in [-0.2, 0) is 16.1 Å². The van der Waals surface area contributed by atoms with E-state index in [1.165, 1.54) is 5.56 Å². The predicted molar refractivity (Wildman–Crippen MR) is 121 cm³/mol. The number of rotatable bonds is 7. The molecular weight excluding hydrogens is 390 g/mol. The van der Waals surface area contributed by atoms with Gasteiger partial charge >= 0.3 is 0 Å². The first-order valence-corrected chi connectivity index (χ1v) is 11.1. The molecule has 3 rings (SSSR count). The summed E-state index contributed by atoms with van der Waals surface area (Å²) in [5.41, 5.74) is 3.19. The van der Waals surface area contributed by atoms with Crippen molar-refractivity contribution in [3.05, 3.63) is 59.4 Å². The van der Waals surface area contributed by atoms with Gasteiger partial charge in [0.05, 0.1) is 0 Å². The summed E-state index contributed by atoms with van der Waals surface area (Å²) in [4.78, 5) is 31.3. The molecule has 1 fully saturated rings. The molecule has 6 heteroatoms. The second-order valence-corrected chi connectivity index (χ2v) is 8.62. The van der Waals surface area contributed by atoms with Gasteiger partial charge in [0.25, 0.3) is 5.91 Å². The number of hydrogen-bond donors (Lipinski definition) is 1. The Morgan fingerprint density at radius 1 is 1.19 bits per heavy atom. The topological polar surface area (TPSA) is 71.5 Å². The maximum absolute atomic E-state index is 12.9. The van der Waals surface area contributed by atoms with Gasteiger partial charge in [-0.05, 0) is 61.4 Å². The van der Waals surface area contributed by atoms with Gasteiger partial charge < -0.3 is 15.0 Å². The van der Waals surface area contributed by atoms with Crippen molar-refractivity contribution in [2.24, 2.45) is 5.92 Å². The molecule has 1 aromatic carbocycles. The van der Waals surface area contributed by atoms with Crippen molar-refractivity contribution in [2.45, 2.75) is 59.1 Å². The molecular formula is C25H33N3O3. The zero-order valence-corrected chi connectivity index (χ0v) is 18.9. The van der Waals surface area contributed by atoms with Crippen molar-refractivity contribution in [1.29, 1.82) is 0 Å². The smallest absolute Gasteiger partial charge is 0.263 e. The SMILES string of the molecule is Cc1ccc(C(C)C)cc1OC(C)C(=O)N1CCC(C(=O)NCc2cccnc2)CC1. The molecule has 6 nitrogen and oxygen atoms in total. The Morgan fingerprint density at radius 2 is 1.94 bits per heavy atom. The van der Waals surface area contributed by atoms with Gasteiger partial charge in [0.2, 0.25) is 5.91 Å².